The third kappa shape index (κ3) is 4.47. The van der Waals surface area contributed by atoms with Gasteiger partial charge in [-0.1, -0.05) is 29.3 Å². The number of nitrogens with zero attached hydrogens (tertiary/aromatic N) is 2. The number of likely N-dealkylation sites (tertiary alicyclic amines) is 2. The molecule has 2 fully saturated rings. The maximum atomic E-state index is 12.6. The molecule has 7 heteroatoms. The second-order valence-corrected chi connectivity index (χ2v) is 8.78. The number of carbonyl (C=O) groups excluding carboxylic acids is 2. The number of carbonyl (C=O) groups is 2. The van der Waals surface area contributed by atoms with Gasteiger partial charge in [0, 0.05) is 32.1 Å². The Kier molecular flexibility index (Phi) is 6.89. The lowest BCUT2D eigenvalue weighted by atomic mass is 9.79. The summed E-state index contributed by atoms with van der Waals surface area (Å²) in [4.78, 5) is 29.0. The van der Waals surface area contributed by atoms with Gasteiger partial charge in [-0.2, -0.15) is 0 Å². The summed E-state index contributed by atoms with van der Waals surface area (Å²) in [6.07, 6.45) is 4.30. The van der Waals surface area contributed by atoms with Gasteiger partial charge >= 0.3 is 5.97 Å². The van der Waals surface area contributed by atoms with Crippen LogP contribution in [0.1, 0.15) is 44.6 Å². The van der Waals surface area contributed by atoms with Crippen molar-refractivity contribution in [3.05, 3.63) is 33.8 Å². The quantitative estimate of drug-likeness (QED) is 0.647. The number of piperidine rings is 1. The summed E-state index contributed by atoms with van der Waals surface area (Å²) in [7, 11) is 1.41. The van der Waals surface area contributed by atoms with Crippen LogP contribution in [0.2, 0.25) is 10.0 Å². The highest BCUT2D eigenvalue weighted by atomic mass is 35.5. The van der Waals surface area contributed by atoms with E-state index >= 15 is 0 Å². The van der Waals surface area contributed by atoms with E-state index in [-0.39, 0.29) is 5.97 Å². The van der Waals surface area contributed by atoms with Crippen molar-refractivity contribution in [1.82, 2.24) is 9.80 Å². The zero-order chi connectivity index (χ0) is 20.3. The molecule has 0 N–H and O–H groups in total. The Balaban J connectivity index is 1.62. The molecule has 28 heavy (non-hydrogen) atoms. The normalized spacial score (nSPS) is 21.0. The summed E-state index contributed by atoms with van der Waals surface area (Å²) in [6, 6.07) is 5.69. The Morgan fingerprint density at radius 3 is 2.50 bits per heavy atom. The number of halogens is 2. The third-order valence-electron chi connectivity index (χ3n) is 6.23. The Bertz CT molecular complexity index is 734. The molecule has 154 valence electrons. The molecule has 1 aromatic carbocycles. The summed E-state index contributed by atoms with van der Waals surface area (Å²) in [5.41, 5.74) is 0.0244. The summed E-state index contributed by atoms with van der Waals surface area (Å²) in [5, 5.41) is 0.904. The van der Waals surface area contributed by atoms with Crippen LogP contribution in [0.5, 0.6) is 0 Å². The summed E-state index contributed by atoms with van der Waals surface area (Å²) < 4.78 is 5.10. The van der Waals surface area contributed by atoms with E-state index in [2.05, 4.69) is 9.80 Å². The van der Waals surface area contributed by atoms with Gasteiger partial charge in [-0.05, 0) is 56.8 Å². The number of hydrogen-bond donors (Lipinski definition) is 0. The number of methoxy groups -OCH3 is 1. The molecule has 2 saturated heterocycles. The number of ether oxygens (including phenoxy) is 1. The van der Waals surface area contributed by atoms with Crippen molar-refractivity contribution >= 4 is 35.1 Å². The highest BCUT2D eigenvalue weighted by Crippen LogP contribution is 2.34. The SMILES string of the molecule is COC(=O)C(C)(CCN1CCC(N2CCCC2=O)CC1)c1ccc(Cl)c(Cl)c1. The van der Waals surface area contributed by atoms with Crippen LogP contribution in [0, 0.1) is 0 Å². The van der Waals surface area contributed by atoms with E-state index in [1.807, 2.05) is 13.0 Å². The minimum atomic E-state index is -0.787. The molecule has 1 aromatic rings. The first-order valence-corrected chi connectivity index (χ1v) is 10.7. The maximum absolute atomic E-state index is 12.6. The molecular formula is C21H28Cl2N2O3. The fourth-order valence-corrected chi connectivity index (χ4v) is 4.62. The van der Waals surface area contributed by atoms with Crippen LogP contribution in [-0.4, -0.2) is 61.0 Å². The molecule has 1 atom stereocenters. The molecule has 0 radical (unpaired) electrons. The summed E-state index contributed by atoms with van der Waals surface area (Å²) >= 11 is 12.2. The molecule has 2 aliphatic heterocycles. The second kappa shape index (κ2) is 9.02. The molecule has 1 amide bonds. The van der Waals surface area contributed by atoms with Crippen molar-refractivity contribution in [2.45, 2.75) is 50.5 Å². The summed E-state index contributed by atoms with van der Waals surface area (Å²) in [6.45, 7) is 5.46. The highest BCUT2D eigenvalue weighted by molar-refractivity contribution is 6.42. The fourth-order valence-electron chi connectivity index (χ4n) is 4.32. The van der Waals surface area contributed by atoms with Crippen molar-refractivity contribution in [3.8, 4) is 0 Å². The molecule has 3 rings (SSSR count). The third-order valence-corrected chi connectivity index (χ3v) is 6.97. The van der Waals surface area contributed by atoms with Crippen LogP contribution in [0.25, 0.3) is 0 Å². The monoisotopic (exact) mass is 426 g/mol. The van der Waals surface area contributed by atoms with Crippen LogP contribution in [0.3, 0.4) is 0 Å². The molecule has 0 saturated carbocycles. The minimum Gasteiger partial charge on any atom is -0.468 e. The molecular weight excluding hydrogens is 399 g/mol. The average Bonchev–Trinajstić information content (AvgIpc) is 3.13. The standard InChI is InChI=1S/C21H28Cl2N2O3/c1-21(20(27)28-2,15-5-6-17(22)18(23)14-15)9-13-24-11-7-16(8-12-24)25-10-3-4-19(25)26/h5-6,14,16H,3-4,7-13H2,1-2H3. The molecule has 1 unspecified atom stereocenters. The first kappa shape index (κ1) is 21.4. The van der Waals surface area contributed by atoms with Crippen molar-refractivity contribution in [2.75, 3.05) is 33.3 Å². The van der Waals surface area contributed by atoms with Gasteiger partial charge < -0.3 is 14.5 Å². The van der Waals surface area contributed by atoms with E-state index in [9.17, 15) is 9.59 Å². The van der Waals surface area contributed by atoms with Gasteiger partial charge in [-0.3, -0.25) is 9.59 Å². The number of amides is 1. The number of hydrogen-bond acceptors (Lipinski definition) is 4. The van der Waals surface area contributed by atoms with Gasteiger partial charge in [0.15, 0.2) is 0 Å². The van der Waals surface area contributed by atoms with Crippen molar-refractivity contribution in [2.24, 2.45) is 0 Å². The van der Waals surface area contributed by atoms with Gasteiger partial charge in [0.1, 0.15) is 0 Å². The lowest BCUT2D eigenvalue weighted by Gasteiger charge is -2.38. The van der Waals surface area contributed by atoms with Gasteiger partial charge in [0.05, 0.1) is 22.6 Å². The van der Waals surface area contributed by atoms with Crippen LogP contribution in [-0.2, 0) is 19.7 Å². The van der Waals surface area contributed by atoms with E-state index in [1.54, 1.807) is 12.1 Å². The Morgan fingerprint density at radius 1 is 1.21 bits per heavy atom. The molecule has 5 nitrogen and oxygen atoms in total. The van der Waals surface area contributed by atoms with Crippen molar-refractivity contribution in [1.29, 1.82) is 0 Å². The molecule has 0 aromatic heterocycles. The topological polar surface area (TPSA) is 49.9 Å². The molecule has 0 spiro atoms. The lowest BCUT2D eigenvalue weighted by molar-refractivity contribution is -0.147. The average molecular weight is 427 g/mol. The number of benzene rings is 1. The van der Waals surface area contributed by atoms with Gasteiger partial charge in [-0.25, -0.2) is 0 Å². The fraction of sp³-hybridized carbons (Fsp3) is 0.619. The van der Waals surface area contributed by atoms with Crippen molar-refractivity contribution in [3.63, 3.8) is 0 Å². The lowest BCUT2D eigenvalue weighted by Crippen LogP contribution is -2.46. The molecule has 0 bridgehead atoms. The first-order chi connectivity index (χ1) is 13.3. The highest BCUT2D eigenvalue weighted by Gasteiger charge is 2.38. The molecule has 2 aliphatic rings. The minimum absolute atomic E-state index is 0.275. The zero-order valence-electron chi connectivity index (χ0n) is 16.5. The summed E-state index contributed by atoms with van der Waals surface area (Å²) in [5.74, 6) is 0.0276. The van der Waals surface area contributed by atoms with Gasteiger partial charge in [0.25, 0.3) is 0 Å². The largest absolute Gasteiger partial charge is 0.468 e. The van der Waals surface area contributed by atoms with Crippen LogP contribution in [0.15, 0.2) is 18.2 Å². The smallest absolute Gasteiger partial charge is 0.316 e. The van der Waals surface area contributed by atoms with E-state index in [4.69, 9.17) is 27.9 Å². The predicted octanol–water partition coefficient (Wildman–Crippen LogP) is 3.90. The predicted molar refractivity (Wildman–Crippen MR) is 111 cm³/mol. The Morgan fingerprint density at radius 2 is 1.93 bits per heavy atom. The van der Waals surface area contributed by atoms with E-state index in [1.165, 1.54) is 7.11 Å². The maximum Gasteiger partial charge on any atom is 0.316 e. The van der Waals surface area contributed by atoms with E-state index in [0.29, 0.717) is 34.8 Å². The van der Waals surface area contributed by atoms with Crippen LogP contribution >= 0.6 is 23.2 Å². The molecule has 0 aliphatic carbocycles. The number of rotatable bonds is 6. The van der Waals surface area contributed by atoms with Gasteiger partial charge in [0.2, 0.25) is 5.91 Å². The zero-order valence-corrected chi connectivity index (χ0v) is 18.1. The van der Waals surface area contributed by atoms with Crippen molar-refractivity contribution < 1.29 is 14.3 Å². The Hall–Kier alpha value is -1.30. The number of esters is 1. The van der Waals surface area contributed by atoms with E-state index in [0.717, 1.165) is 51.0 Å². The second-order valence-electron chi connectivity index (χ2n) is 7.97. The van der Waals surface area contributed by atoms with E-state index < -0.39 is 5.41 Å². The Labute approximate surface area is 176 Å². The van der Waals surface area contributed by atoms with Crippen LogP contribution < -0.4 is 0 Å². The van der Waals surface area contributed by atoms with Crippen LogP contribution in [0.4, 0.5) is 0 Å². The first-order valence-electron chi connectivity index (χ1n) is 9.91. The van der Waals surface area contributed by atoms with Gasteiger partial charge in [-0.15, -0.1) is 0 Å². The molecule has 2 heterocycles.